The van der Waals surface area contributed by atoms with Gasteiger partial charge in [-0.3, -0.25) is 0 Å². The van der Waals surface area contributed by atoms with Crippen molar-refractivity contribution in [1.29, 1.82) is 0 Å². The van der Waals surface area contributed by atoms with Crippen molar-refractivity contribution >= 4 is 23.4 Å². The Hall–Kier alpha value is -1.04. The standard InChI is InChI=1S/C14H18ClN3OS/c1-10(14-16-11(2)17-18(14)7-8-19)20-9-12-3-5-13(15)6-4-12/h3-6,10,19H,7-9H2,1-2H3/t10-/m1/s1. The highest BCUT2D eigenvalue weighted by molar-refractivity contribution is 7.98. The summed E-state index contributed by atoms with van der Waals surface area (Å²) < 4.78 is 1.79. The number of aryl methyl sites for hydroxylation is 1. The highest BCUT2D eigenvalue weighted by Crippen LogP contribution is 2.30. The molecule has 1 heterocycles. The summed E-state index contributed by atoms with van der Waals surface area (Å²) in [6.45, 7) is 4.54. The second-order valence-electron chi connectivity index (χ2n) is 4.54. The minimum Gasteiger partial charge on any atom is -0.394 e. The number of aliphatic hydroxyl groups is 1. The molecule has 0 amide bonds. The number of benzene rings is 1. The number of hydrogen-bond donors (Lipinski definition) is 1. The monoisotopic (exact) mass is 311 g/mol. The van der Waals surface area contributed by atoms with Crippen molar-refractivity contribution in [2.75, 3.05) is 6.61 Å². The largest absolute Gasteiger partial charge is 0.394 e. The van der Waals surface area contributed by atoms with Crippen molar-refractivity contribution in [3.63, 3.8) is 0 Å². The van der Waals surface area contributed by atoms with Crippen molar-refractivity contribution in [2.45, 2.75) is 31.4 Å². The SMILES string of the molecule is Cc1nc([C@@H](C)SCc2ccc(Cl)cc2)n(CCO)n1. The second-order valence-corrected chi connectivity index (χ2v) is 6.31. The first-order valence-electron chi connectivity index (χ1n) is 6.48. The summed E-state index contributed by atoms with van der Waals surface area (Å²) in [6.07, 6.45) is 0. The maximum absolute atomic E-state index is 9.06. The van der Waals surface area contributed by atoms with Crippen molar-refractivity contribution < 1.29 is 5.11 Å². The van der Waals surface area contributed by atoms with Crippen molar-refractivity contribution in [2.24, 2.45) is 0 Å². The zero-order valence-corrected chi connectivity index (χ0v) is 13.2. The van der Waals surface area contributed by atoms with Crippen LogP contribution in [0, 0.1) is 6.92 Å². The Morgan fingerprint density at radius 2 is 2.05 bits per heavy atom. The van der Waals surface area contributed by atoms with E-state index < -0.39 is 0 Å². The lowest BCUT2D eigenvalue weighted by Crippen LogP contribution is -2.10. The van der Waals surface area contributed by atoms with Gasteiger partial charge >= 0.3 is 0 Å². The molecule has 0 unspecified atom stereocenters. The van der Waals surface area contributed by atoms with Gasteiger partial charge in [0.15, 0.2) is 0 Å². The average Bonchev–Trinajstić information content (AvgIpc) is 2.79. The summed E-state index contributed by atoms with van der Waals surface area (Å²) in [5.41, 5.74) is 1.23. The Morgan fingerprint density at radius 1 is 1.35 bits per heavy atom. The van der Waals surface area contributed by atoms with Gasteiger partial charge in [0.25, 0.3) is 0 Å². The molecule has 0 aliphatic rings. The quantitative estimate of drug-likeness (QED) is 0.890. The van der Waals surface area contributed by atoms with Gasteiger partial charge in [-0.2, -0.15) is 5.10 Å². The van der Waals surface area contributed by atoms with Gasteiger partial charge in [0.1, 0.15) is 11.6 Å². The Kier molecular flexibility index (Phi) is 5.46. The van der Waals surface area contributed by atoms with Gasteiger partial charge in [0.2, 0.25) is 0 Å². The number of halogens is 1. The topological polar surface area (TPSA) is 50.9 Å². The first kappa shape index (κ1) is 15.4. The summed E-state index contributed by atoms with van der Waals surface area (Å²) in [7, 11) is 0. The van der Waals surface area contributed by atoms with E-state index >= 15 is 0 Å². The Bertz CT molecular complexity index is 556. The lowest BCUT2D eigenvalue weighted by atomic mass is 10.2. The normalized spacial score (nSPS) is 12.6. The molecular weight excluding hydrogens is 294 g/mol. The number of nitrogens with zero attached hydrogens (tertiary/aromatic N) is 3. The third-order valence-electron chi connectivity index (χ3n) is 2.89. The number of thioether (sulfide) groups is 1. The molecule has 0 saturated carbocycles. The summed E-state index contributed by atoms with van der Waals surface area (Å²) in [4.78, 5) is 4.45. The van der Waals surface area contributed by atoms with Gasteiger partial charge in [0.05, 0.1) is 18.4 Å². The molecule has 0 aliphatic carbocycles. The fraction of sp³-hybridized carbons (Fsp3) is 0.429. The minimum absolute atomic E-state index is 0.0738. The van der Waals surface area contributed by atoms with Gasteiger partial charge < -0.3 is 5.11 Å². The van der Waals surface area contributed by atoms with Crippen molar-refractivity contribution in [3.8, 4) is 0 Å². The van der Waals surface area contributed by atoms with Crippen LogP contribution in [-0.2, 0) is 12.3 Å². The van der Waals surface area contributed by atoms with E-state index in [1.165, 1.54) is 5.56 Å². The molecule has 0 spiro atoms. The van der Waals surface area contributed by atoms with Crippen LogP contribution >= 0.6 is 23.4 Å². The van der Waals surface area contributed by atoms with Crippen LogP contribution in [0.2, 0.25) is 5.02 Å². The van der Waals surface area contributed by atoms with E-state index in [9.17, 15) is 0 Å². The predicted molar refractivity (Wildman–Crippen MR) is 83.0 cm³/mol. The average molecular weight is 312 g/mol. The Balaban J connectivity index is 2.00. The van der Waals surface area contributed by atoms with Gasteiger partial charge in [-0.05, 0) is 31.5 Å². The highest BCUT2D eigenvalue weighted by atomic mass is 35.5. The van der Waals surface area contributed by atoms with Gasteiger partial charge in [0, 0.05) is 10.8 Å². The molecule has 0 saturated heterocycles. The summed E-state index contributed by atoms with van der Waals surface area (Å²) >= 11 is 7.67. The molecule has 108 valence electrons. The molecule has 6 heteroatoms. The maximum atomic E-state index is 9.06. The van der Waals surface area contributed by atoms with E-state index in [4.69, 9.17) is 16.7 Å². The second kappa shape index (κ2) is 7.11. The molecule has 1 aromatic heterocycles. The molecule has 1 aromatic carbocycles. The predicted octanol–water partition coefficient (Wildman–Crippen LogP) is 3.23. The zero-order valence-electron chi connectivity index (χ0n) is 11.6. The molecule has 2 aromatic rings. The van der Waals surface area contributed by atoms with Gasteiger partial charge in [-0.15, -0.1) is 11.8 Å². The third kappa shape index (κ3) is 3.98. The van der Waals surface area contributed by atoms with E-state index in [-0.39, 0.29) is 11.9 Å². The number of aromatic nitrogens is 3. The minimum atomic E-state index is 0.0738. The van der Waals surface area contributed by atoms with Gasteiger partial charge in [-0.25, -0.2) is 9.67 Å². The van der Waals surface area contributed by atoms with Crippen LogP contribution in [0.5, 0.6) is 0 Å². The molecule has 2 rings (SSSR count). The molecule has 1 N–H and O–H groups in total. The van der Waals surface area contributed by atoms with Crippen LogP contribution in [0.3, 0.4) is 0 Å². The van der Waals surface area contributed by atoms with E-state index in [2.05, 4.69) is 17.0 Å². The lowest BCUT2D eigenvalue weighted by molar-refractivity contribution is 0.267. The summed E-state index contributed by atoms with van der Waals surface area (Å²) in [5, 5.41) is 14.3. The lowest BCUT2D eigenvalue weighted by Gasteiger charge is -2.12. The van der Waals surface area contributed by atoms with Crippen LogP contribution in [0.4, 0.5) is 0 Å². The van der Waals surface area contributed by atoms with E-state index in [1.807, 2.05) is 31.2 Å². The molecular formula is C14H18ClN3OS. The van der Waals surface area contributed by atoms with Crippen LogP contribution in [0.25, 0.3) is 0 Å². The van der Waals surface area contributed by atoms with E-state index in [0.29, 0.717) is 6.54 Å². The van der Waals surface area contributed by atoms with E-state index in [1.54, 1.807) is 16.4 Å². The van der Waals surface area contributed by atoms with Crippen LogP contribution in [-0.4, -0.2) is 26.5 Å². The zero-order chi connectivity index (χ0) is 14.5. The van der Waals surface area contributed by atoms with Crippen molar-refractivity contribution in [3.05, 3.63) is 46.5 Å². The number of aliphatic hydroxyl groups excluding tert-OH is 1. The smallest absolute Gasteiger partial charge is 0.147 e. The summed E-state index contributed by atoms with van der Waals surface area (Å²) in [6, 6.07) is 7.87. The van der Waals surface area contributed by atoms with Crippen LogP contribution in [0.15, 0.2) is 24.3 Å². The molecule has 0 bridgehead atoms. The number of hydrogen-bond acceptors (Lipinski definition) is 4. The molecule has 1 atom stereocenters. The molecule has 0 radical (unpaired) electrons. The highest BCUT2D eigenvalue weighted by Gasteiger charge is 2.15. The van der Waals surface area contributed by atoms with Crippen LogP contribution in [0.1, 0.15) is 29.4 Å². The van der Waals surface area contributed by atoms with Crippen LogP contribution < -0.4 is 0 Å². The maximum Gasteiger partial charge on any atom is 0.147 e. The molecule has 0 aliphatic heterocycles. The molecule has 4 nitrogen and oxygen atoms in total. The van der Waals surface area contributed by atoms with Gasteiger partial charge in [-0.1, -0.05) is 23.7 Å². The summed E-state index contributed by atoms with van der Waals surface area (Å²) in [5.74, 6) is 2.55. The fourth-order valence-electron chi connectivity index (χ4n) is 1.91. The molecule has 20 heavy (non-hydrogen) atoms. The number of rotatable bonds is 6. The Morgan fingerprint density at radius 3 is 2.70 bits per heavy atom. The first-order chi connectivity index (χ1) is 9.60. The third-order valence-corrected chi connectivity index (χ3v) is 4.36. The van der Waals surface area contributed by atoms with Crippen molar-refractivity contribution in [1.82, 2.24) is 14.8 Å². The van der Waals surface area contributed by atoms with E-state index in [0.717, 1.165) is 22.4 Å². The first-order valence-corrected chi connectivity index (χ1v) is 7.91. The Labute approximate surface area is 128 Å². The molecule has 0 fully saturated rings. The fourth-order valence-corrected chi connectivity index (χ4v) is 2.99.